The third-order valence-electron chi connectivity index (χ3n) is 4.41. The largest absolute Gasteiger partial charge is 0.496 e. The van der Waals surface area contributed by atoms with E-state index in [1.165, 1.54) is 12.1 Å². The molecule has 116 valence electrons. The van der Waals surface area contributed by atoms with Crippen LogP contribution >= 0.6 is 0 Å². The minimum atomic E-state index is 0.0891. The highest BCUT2D eigenvalue weighted by Crippen LogP contribution is 2.34. The number of ketones is 1. The van der Waals surface area contributed by atoms with E-state index in [0.717, 1.165) is 36.4 Å². The van der Waals surface area contributed by atoms with Crippen molar-refractivity contribution < 1.29 is 9.53 Å². The maximum absolute atomic E-state index is 11.6. The smallest absolute Gasteiger partial charge is 0.159 e. The molecule has 1 aromatic carbocycles. The zero-order valence-electron chi connectivity index (χ0n) is 13.1. The van der Waals surface area contributed by atoms with E-state index in [9.17, 15) is 4.79 Å². The first-order valence-electron chi connectivity index (χ1n) is 7.74. The predicted octanol–water partition coefficient (Wildman–Crippen LogP) is 3.56. The fourth-order valence-corrected chi connectivity index (χ4v) is 3.26. The summed E-state index contributed by atoms with van der Waals surface area (Å²) in [6, 6.07) is 10.3. The minimum Gasteiger partial charge on any atom is -0.496 e. The molecule has 2 aromatic rings. The predicted molar refractivity (Wildman–Crippen MR) is 86.2 cm³/mol. The average molecular weight is 298 g/mol. The molecule has 1 saturated heterocycles. The second-order valence-electron chi connectivity index (χ2n) is 5.84. The molecule has 22 heavy (non-hydrogen) atoms. The molecule has 4 heteroatoms. The number of carbonyl (C=O) groups excluding carboxylic acids is 1. The lowest BCUT2D eigenvalue weighted by molar-refractivity contribution is 0.101. The van der Waals surface area contributed by atoms with Crippen LogP contribution in [-0.2, 0) is 6.54 Å². The Morgan fingerprint density at radius 1 is 1.41 bits per heavy atom. The van der Waals surface area contributed by atoms with E-state index < -0.39 is 0 Å². The van der Waals surface area contributed by atoms with Crippen LogP contribution in [-0.4, -0.2) is 29.3 Å². The standard InChI is InChI=1S/C18H22N2O2/c1-13(21)14-7-8-18(22-2)15(11-14)12-20-10-4-6-17(20)16-5-3-9-19-16/h3,5,7-9,11,17,19H,4,6,10,12H2,1-2H3/t17-/m1/s1. The average Bonchev–Trinajstić information content (AvgIpc) is 3.17. The summed E-state index contributed by atoms with van der Waals surface area (Å²) in [5, 5.41) is 0. The van der Waals surface area contributed by atoms with Gasteiger partial charge in [-0.2, -0.15) is 0 Å². The number of nitrogens with one attached hydrogen (secondary N) is 1. The van der Waals surface area contributed by atoms with Crippen molar-refractivity contribution in [2.45, 2.75) is 32.4 Å². The first kappa shape index (κ1) is 14.9. The number of hydrogen-bond acceptors (Lipinski definition) is 3. The van der Waals surface area contributed by atoms with Crippen LogP contribution in [0.5, 0.6) is 5.75 Å². The van der Waals surface area contributed by atoms with E-state index in [1.54, 1.807) is 14.0 Å². The van der Waals surface area contributed by atoms with Crippen molar-refractivity contribution in [2.24, 2.45) is 0 Å². The number of ether oxygens (including phenoxy) is 1. The van der Waals surface area contributed by atoms with E-state index in [1.807, 2.05) is 30.5 Å². The number of hydrogen-bond donors (Lipinski definition) is 1. The Hall–Kier alpha value is -2.07. The normalized spacial score (nSPS) is 18.5. The van der Waals surface area contributed by atoms with E-state index in [-0.39, 0.29) is 5.78 Å². The molecule has 1 aliphatic heterocycles. The fraction of sp³-hybridized carbons (Fsp3) is 0.389. The van der Waals surface area contributed by atoms with Crippen molar-refractivity contribution in [3.05, 3.63) is 53.3 Å². The zero-order chi connectivity index (χ0) is 15.5. The Kier molecular flexibility index (Phi) is 4.29. The molecule has 4 nitrogen and oxygen atoms in total. The maximum atomic E-state index is 11.6. The van der Waals surface area contributed by atoms with Crippen LogP contribution in [0.2, 0.25) is 0 Å². The number of benzene rings is 1. The van der Waals surface area contributed by atoms with Gasteiger partial charge in [0, 0.05) is 29.6 Å². The molecule has 1 atom stereocenters. The highest BCUT2D eigenvalue weighted by Gasteiger charge is 2.27. The van der Waals surface area contributed by atoms with Crippen LogP contribution in [0, 0.1) is 0 Å². The first-order valence-corrected chi connectivity index (χ1v) is 7.74. The minimum absolute atomic E-state index is 0.0891. The molecule has 0 saturated carbocycles. The lowest BCUT2D eigenvalue weighted by atomic mass is 10.1. The van der Waals surface area contributed by atoms with E-state index in [2.05, 4.69) is 16.0 Å². The van der Waals surface area contributed by atoms with Gasteiger partial charge in [0.2, 0.25) is 0 Å². The molecular formula is C18H22N2O2. The molecule has 1 fully saturated rings. The van der Waals surface area contributed by atoms with Crippen molar-refractivity contribution in [3.8, 4) is 5.75 Å². The first-order chi connectivity index (χ1) is 10.7. The highest BCUT2D eigenvalue weighted by molar-refractivity contribution is 5.94. The van der Waals surface area contributed by atoms with Crippen LogP contribution < -0.4 is 4.74 Å². The molecule has 0 amide bonds. The summed E-state index contributed by atoms with van der Waals surface area (Å²) >= 11 is 0. The SMILES string of the molecule is COc1ccc(C(C)=O)cc1CN1CCC[C@@H]1c1ccc[nH]1. The van der Waals surface area contributed by atoms with Crippen molar-refractivity contribution >= 4 is 5.78 Å². The molecule has 0 spiro atoms. The number of Topliss-reactive ketones (excluding diaryl/α,β-unsaturated/α-hetero) is 1. The van der Waals surface area contributed by atoms with Gasteiger partial charge in [-0.05, 0) is 56.6 Å². The lowest BCUT2D eigenvalue weighted by Crippen LogP contribution is -2.23. The van der Waals surface area contributed by atoms with E-state index in [4.69, 9.17) is 4.74 Å². The number of aromatic amines is 1. The Morgan fingerprint density at radius 2 is 2.27 bits per heavy atom. The van der Waals surface area contributed by atoms with Crippen molar-refractivity contribution in [2.75, 3.05) is 13.7 Å². The zero-order valence-corrected chi connectivity index (χ0v) is 13.1. The third-order valence-corrected chi connectivity index (χ3v) is 4.41. The molecule has 0 aliphatic carbocycles. The maximum Gasteiger partial charge on any atom is 0.159 e. The third kappa shape index (κ3) is 2.92. The lowest BCUT2D eigenvalue weighted by Gasteiger charge is -2.24. The van der Waals surface area contributed by atoms with Gasteiger partial charge in [0.15, 0.2) is 5.78 Å². The van der Waals surface area contributed by atoms with Crippen LogP contribution in [0.4, 0.5) is 0 Å². The number of H-pyrrole nitrogens is 1. The molecule has 2 heterocycles. The Morgan fingerprint density at radius 3 is 2.95 bits per heavy atom. The molecule has 0 bridgehead atoms. The van der Waals surface area contributed by atoms with Gasteiger partial charge in [-0.3, -0.25) is 9.69 Å². The summed E-state index contributed by atoms with van der Waals surface area (Å²) < 4.78 is 5.47. The molecule has 1 aliphatic rings. The number of nitrogens with zero attached hydrogens (tertiary/aromatic N) is 1. The van der Waals surface area contributed by atoms with Crippen molar-refractivity contribution in [3.63, 3.8) is 0 Å². The van der Waals surface area contributed by atoms with Crippen LogP contribution in [0.3, 0.4) is 0 Å². The molecule has 1 aromatic heterocycles. The van der Waals surface area contributed by atoms with Gasteiger partial charge in [-0.25, -0.2) is 0 Å². The number of aromatic nitrogens is 1. The summed E-state index contributed by atoms with van der Waals surface area (Å²) in [6.45, 7) is 3.47. The molecule has 1 N–H and O–H groups in total. The number of carbonyl (C=O) groups is 1. The summed E-state index contributed by atoms with van der Waals surface area (Å²) in [4.78, 5) is 17.4. The number of rotatable bonds is 5. The summed E-state index contributed by atoms with van der Waals surface area (Å²) in [5.74, 6) is 0.938. The second kappa shape index (κ2) is 6.36. The summed E-state index contributed by atoms with van der Waals surface area (Å²) in [7, 11) is 1.68. The molecule has 3 rings (SSSR count). The monoisotopic (exact) mass is 298 g/mol. The summed E-state index contributed by atoms with van der Waals surface area (Å²) in [5.41, 5.74) is 3.08. The molecule has 0 radical (unpaired) electrons. The van der Waals surface area contributed by atoms with Gasteiger partial charge in [0.1, 0.15) is 5.75 Å². The van der Waals surface area contributed by atoms with Gasteiger partial charge in [0.25, 0.3) is 0 Å². The Labute approximate surface area is 131 Å². The second-order valence-corrected chi connectivity index (χ2v) is 5.84. The Balaban J connectivity index is 1.85. The fourth-order valence-electron chi connectivity index (χ4n) is 3.26. The Bertz CT molecular complexity index is 649. The summed E-state index contributed by atoms with van der Waals surface area (Å²) in [6.07, 6.45) is 4.33. The van der Waals surface area contributed by atoms with Crippen molar-refractivity contribution in [1.82, 2.24) is 9.88 Å². The van der Waals surface area contributed by atoms with Crippen LogP contribution in [0.1, 0.15) is 47.4 Å². The number of likely N-dealkylation sites (tertiary alicyclic amines) is 1. The van der Waals surface area contributed by atoms with Gasteiger partial charge in [0.05, 0.1) is 13.2 Å². The number of methoxy groups -OCH3 is 1. The van der Waals surface area contributed by atoms with Gasteiger partial charge < -0.3 is 9.72 Å². The van der Waals surface area contributed by atoms with Crippen molar-refractivity contribution in [1.29, 1.82) is 0 Å². The van der Waals surface area contributed by atoms with Gasteiger partial charge in [-0.15, -0.1) is 0 Å². The molecular weight excluding hydrogens is 276 g/mol. The topological polar surface area (TPSA) is 45.3 Å². The van der Waals surface area contributed by atoms with Gasteiger partial charge in [-0.1, -0.05) is 0 Å². The highest BCUT2D eigenvalue weighted by atomic mass is 16.5. The quantitative estimate of drug-likeness (QED) is 0.858. The van der Waals surface area contributed by atoms with E-state index in [0.29, 0.717) is 6.04 Å². The van der Waals surface area contributed by atoms with E-state index >= 15 is 0 Å². The van der Waals surface area contributed by atoms with Crippen LogP contribution in [0.25, 0.3) is 0 Å². The van der Waals surface area contributed by atoms with Gasteiger partial charge >= 0.3 is 0 Å². The van der Waals surface area contributed by atoms with Crippen LogP contribution in [0.15, 0.2) is 36.5 Å². The molecule has 0 unspecified atom stereocenters.